The molecule has 1 aromatic heterocycles. The van der Waals surface area contributed by atoms with Crippen molar-refractivity contribution < 1.29 is 9.59 Å². The highest BCUT2D eigenvalue weighted by Gasteiger charge is 2.10. The predicted molar refractivity (Wildman–Crippen MR) is 73.1 cm³/mol. The number of nitrogens with one attached hydrogen (secondary N) is 2. The largest absolute Gasteiger partial charge is 0.356 e. The Morgan fingerprint density at radius 3 is 2.74 bits per heavy atom. The summed E-state index contributed by atoms with van der Waals surface area (Å²) in [6.45, 7) is 1.45. The van der Waals surface area contributed by atoms with Gasteiger partial charge in [0.2, 0.25) is 0 Å². The van der Waals surface area contributed by atoms with Gasteiger partial charge in [0.05, 0.1) is 0 Å². The Hall–Kier alpha value is -2.80. The molecule has 0 saturated heterocycles. The fourth-order valence-corrected chi connectivity index (χ4v) is 1.61. The third-order valence-corrected chi connectivity index (χ3v) is 2.62. The van der Waals surface area contributed by atoms with Gasteiger partial charge in [-0.15, -0.1) is 6.42 Å². The SMILES string of the molecule is C#Cc1cccc(NC(=O)c2cc(C(C)=O)c[nH]2)c1. The quantitative estimate of drug-likeness (QED) is 0.651. The Balaban J connectivity index is 2.16. The molecule has 0 aliphatic heterocycles. The maximum atomic E-state index is 11.9. The van der Waals surface area contributed by atoms with Crippen molar-refractivity contribution in [3.8, 4) is 12.3 Å². The van der Waals surface area contributed by atoms with Gasteiger partial charge in [-0.05, 0) is 31.2 Å². The third kappa shape index (κ3) is 2.90. The van der Waals surface area contributed by atoms with Crippen LogP contribution < -0.4 is 5.32 Å². The molecule has 4 nitrogen and oxygen atoms in total. The standard InChI is InChI=1S/C15H12N2O2/c1-3-11-5-4-6-13(7-11)17-15(19)14-8-12(9-16-14)10(2)18/h1,4-9,16H,2H3,(H,17,19). The summed E-state index contributed by atoms with van der Waals surface area (Å²) in [6.07, 6.45) is 6.80. The summed E-state index contributed by atoms with van der Waals surface area (Å²) < 4.78 is 0. The molecule has 0 radical (unpaired) electrons. The number of amides is 1. The lowest BCUT2D eigenvalue weighted by molar-refractivity contribution is 0.101. The van der Waals surface area contributed by atoms with Crippen molar-refractivity contribution in [1.29, 1.82) is 0 Å². The van der Waals surface area contributed by atoms with E-state index >= 15 is 0 Å². The number of H-pyrrole nitrogens is 1. The number of aromatic nitrogens is 1. The van der Waals surface area contributed by atoms with E-state index in [0.29, 0.717) is 22.5 Å². The molecule has 1 aromatic carbocycles. The molecule has 0 aliphatic carbocycles. The maximum absolute atomic E-state index is 11.9. The van der Waals surface area contributed by atoms with Crippen LogP contribution in [-0.4, -0.2) is 16.7 Å². The van der Waals surface area contributed by atoms with Crippen molar-refractivity contribution in [3.63, 3.8) is 0 Å². The Labute approximate surface area is 110 Å². The van der Waals surface area contributed by atoms with E-state index in [-0.39, 0.29) is 11.7 Å². The molecule has 0 unspecified atom stereocenters. The van der Waals surface area contributed by atoms with Crippen LogP contribution in [0, 0.1) is 12.3 Å². The van der Waals surface area contributed by atoms with E-state index in [9.17, 15) is 9.59 Å². The fourth-order valence-electron chi connectivity index (χ4n) is 1.61. The minimum absolute atomic E-state index is 0.0929. The van der Waals surface area contributed by atoms with Crippen LogP contribution in [0.2, 0.25) is 0 Å². The zero-order valence-electron chi connectivity index (χ0n) is 10.4. The molecular formula is C15H12N2O2. The number of Topliss-reactive ketones (excluding diaryl/α,β-unsaturated/α-hetero) is 1. The number of carbonyl (C=O) groups excluding carboxylic acids is 2. The van der Waals surface area contributed by atoms with Crippen LogP contribution >= 0.6 is 0 Å². The van der Waals surface area contributed by atoms with Gasteiger partial charge in [0.25, 0.3) is 5.91 Å². The first-order chi connectivity index (χ1) is 9.10. The van der Waals surface area contributed by atoms with Crippen LogP contribution in [0.1, 0.15) is 33.3 Å². The van der Waals surface area contributed by atoms with Crippen LogP contribution in [0.3, 0.4) is 0 Å². The van der Waals surface area contributed by atoms with Crippen LogP contribution in [0.4, 0.5) is 5.69 Å². The Morgan fingerprint density at radius 2 is 2.11 bits per heavy atom. The van der Waals surface area contributed by atoms with Crippen molar-refractivity contribution in [2.75, 3.05) is 5.32 Å². The van der Waals surface area contributed by atoms with Crippen LogP contribution in [0.5, 0.6) is 0 Å². The molecule has 0 saturated carbocycles. The van der Waals surface area contributed by atoms with Gasteiger partial charge < -0.3 is 10.3 Å². The normalized spacial score (nSPS) is 9.68. The number of anilines is 1. The first-order valence-electron chi connectivity index (χ1n) is 5.67. The number of carbonyl (C=O) groups is 2. The van der Waals surface area contributed by atoms with Crippen molar-refractivity contribution in [3.05, 3.63) is 53.3 Å². The molecule has 0 fully saturated rings. The Kier molecular flexibility index (Phi) is 3.48. The lowest BCUT2D eigenvalue weighted by Crippen LogP contribution is -2.12. The van der Waals surface area contributed by atoms with Crippen molar-refractivity contribution >= 4 is 17.4 Å². The van der Waals surface area contributed by atoms with E-state index in [4.69, 9.17) is 6.42 Å². The summed E-state index contributed by atoms with van der Waals surface area (Å²) in [7, 11) is 0. The summed E-state index contributed by atoms with van der Waals surface area (Å²) in [6, 6.07) is 8.50. The number of aromatic amines is 1. The number of rotatable bonds is 3. The van der Waals surface area contributed by atoms with E-state index < -0.39 is 0 Å². The van der Waals surface area contributed by atoms with Gasteiger partial charge in [-0.25, -0.2) is 0 Å². The molecule has 1 heterocycles. The molecule has 94 valence electrons. The molecule has 2 N–H and O–H groups in total. The fraction of sp³-hybridized carbons (Fsp3) is 0.0667. The number of benzene rings is 1. The Morgan fingerprint density at radius 1 is 1.32 bits per heavy atom. The zero-order valence-corrected chi connectivity index (χ0v) is 10.4. The molecule has 19 heavy (non-hydrogen) atoms. The highest BCUT2D eigenvalue weighted by molar-refractivity contribution is 6.05. The van der Waals surface area contributed by atoms with E-state index in [1.807, 2.05) is 0 Å². The molecule has 4 heteroatoms. The highest BCUT2D eigenvalue weighted by atomic mass is 16.2. The van der Waals surface area contributed by atoms with Crippen molar-refractivity contribution in [1.82, 2.24) is 4.98 Å². The average molecular weight is 252 g/mol. The summed E-state index contributed by atoms with van der Waals surface area (Å²) in [5, 5.41) is 2.71. The average Bonchev–Trinajstić information content (AvgIpc) is 2.89. The Bertz CT molecular complexity index is 677. The van der Waals surface area contributed by atoms with Gasteiger partial charge in [0, 0.05) is 23.0 Å². The van der Waals surface area contributed by atoms with Crippen molar-refractivity contribution in [2.24, 2.45) is 0 Å². The molecule has 0 bridgehead atoms. The third-order valence-electron chi connectivity index (χ3n) is 2.62. The molecular weight excluding hydrogens is 240 g/mol. The number of hydrogen-bond acceptors (Lipinski definition) is 2. The molecule has 2 aromatic rings. The van der Waals surface area contributed by atoms with Gasteiger partial charge in [0.15, 0.2) is 5.78 Å². The maximum Gasteiger partial charge on any atom is 0.272 e. The van der Waals surface area contributed by atoms with Crippen LogP contribution in [-0.2, 0) is 0 Å². The van der Waals surface area contributed by atoms with Gasteiger partial charge in [-0.2, -0.15) is 0 Å². The summed E-state index contributed by atoms with van der Waals surface area (Å²) in [5.74, 6) is 2.08. The molecule has 2 rings (SSSR count). The second kappa shape index (κ2) is 5.23. The van der Waals surface area contributed by atoms with Crippen molar-refractivity contribution in [2.45, 2.75) is 6.92 Å². The zero-order chi connectivity index (χ0) is 13.8. The first kappa shape index (κ1) is 12.7. The number of hydrogen-bond donors (Lipinski definition) is 2. The first-order valence-corrected chi connectivity index (χ1v) is 5.67. The highest BCUT2D eigenvalue weighted by Crippen LogP contribution is 2.12. The minimum atomic E-state index is -0.318. The smallest absolute Gasteiger partial charge is 0.272 e. The van der Waals surface area contributed by atoms with E-state index in [1.54, 1.807) is 24.3 Å². The minimum Gasteiger partial charge on any atom is -0.356 e. The number of terminal acetylenes is 1. The second-order valence-corrected chi connectivity index (χ2v) is 4.04. The van der Waals surface area contributed by atoms with Crippen LogP contribution in [0.15, 0.2) is 36.5 Å². The molecule has 0 atom stereocenters. The van der Waals surface area contributed by atoms with E-state index in [2.05, 4.69) is 16.2 Å². The lowest BCUT2D eigenvalue weighted by atomic mass is 10.2. The lowest BCUT2D eigenvalue weighted by Gasteiger charge is -2.03. The monoisotopic (exact) mass is 252 g/mol. The molecule has 0 spiro atoms. The summed E-state index contributed by atoms with van der Waals surface area (Å²) in [5.41, 5.74) is 2.10. The predicted octanol–water partition coefficient (Wildman–Crippen LogP) is 2.45. The number of ketones is 1. The topological polar surface area (TPSA) is 62.0 Å². The van der Waals surface area contributed by atoms with E-state index in [1.165, 1.54) is 19.2 Å². The van der Waals surface area contributed by atoms with Gasteiger partial charge >= 0.3 is 0 Å². The van der Waals surface area contributed by atoms with E-state index in [0.717, 1.165) is 0 Å². The summed E-state index contributed by atoms with van der Waals surface area (Å²) in [4.78, 5) is 25.9. The molecule has 1 amide bonds. The van der Waals surface area contributed by atoms with Gasteiger partial charge in [0.1, 0.15) is 5.69 Å². The van der Waals surface area contributed by atoms with Gasteiger partial charge in [-0.1, -0.05) is 12.0 Å². The molecule has 0 aliphatic rings. The van der Waals surface area contributed by atoms with Gasteiger partial charge in [-0.3, -0.25) is 9.59 Å². The van der Waals surface area contributed by atoms with Crippen LogP contribution in [0.25, 0.3) is 0 Å². The summed E-state index contributed by atoms with van der Waals surface area (Å²) >= 11 is 0. The second-order valence-electron chi connectivity index (χ2n) is 4.04.